The number of hydrogen-bond acceptors (Lipinski definition) is 1. The van der Waals surface area contributed by atoms with Gasteiger partial charge in [0.25, 0.3) is 0 Å². The fourth-order valence-corrected chi connectivity index (χ4v) is 2.70. The van der Waals surface area contributed by atoms with Crippen LogP contribution in [-0.2, 0) is 0 Å². The van der Waals surface area contributed by atoms with Crippen LogP contribution in [-0.4, -0.2) is 6.29 Å². The van der Waals surface area contributed by atoms with Gasteiger partial charge in [0.05, 0.1) is 0 Å². The lowest BCUT2D eigenvalue weighted by molar-refractivity contribution is 0.112. The summed E-state index contributed by atoms with van der Waals surface area (Å²) in [5.74, 6) is 0. The minimum Gasteiger partial charge on any atom is -0.298 e. The van der Waals surface area contributed by atoms with Gasteiger partial charge in [0, 0.05) is 16.1 Å². The minimum atomic E-state index is 0.603. The molecule has 0 saturated heterocycles. The van der Waals surface area contributed by atoms with E-state index in [4.69, 9.17) is 11.6 Å². The van der Waals surface area contributed by atoms with Gasteiger partial charge in [-0.15, -0.1) is 0 Å². The van der Waals surface area contributed by atoms with E-state index in [2.05, 4.69) is 32.9 Å². The summed E-state index contributed by atoms with van der Waals surface area (Å²) in [6.07, 6.45) is 0.810. The number of hydrogen-bond donors (Lipinski definition) is 0. The van der Waals surface area contributed by atoms with Crippen molar-refractivity contribution < 1.29 is 4.79 Å². The van der Waals surface area contributed by atoms with Crippen LogP contribution in [0.4, 0.5) is 0 Å². The van der Waals surface area contributed by atoms with Gasteiger partial charge in [-0.05, 0) is 43.5 Å². The van der Waals surface area contributed by atoms with Crippen LogP contribution >= 0.6 is 11.6 Å². The van der Waals surface area contributed by atoms with Gasteiger partial charge in [0.2, 0.25) is 0 Å². The molecule has 92 valence electrons. The Morgan fingerprint density at radius 2 is 1.61 bits per heavy atom. The van der Waals surface area contributed by atoms with Crippen LogP contribution in [0.15, 0.2) is 30.3 Å². The molecule has 0 atom stereocenters. The van der Waals surface area contributed by atoms with Gasteiger partial charge >= 0.3 is 0 Å². The number of aryl methyl sites for hydroxylation is 3. The average Bonchev–Trinajstić information content (AvgIpc) is 2.29. The molecule has 18 heavy (non-hydrogen) atoms. The van der Waals surface area contributed by atoms with E-state index in [9.17, 15) is 4.79 Å². The average molecular weight is 259 g/mol. The molecule has 0 unspecified atom stereocenters. The molecule has 2 aromatic rings. The summed E-state index contributed by atoms with van der Waals surface area (Å²) < 4.78 is 0. The molecule has 2 rings (SSSR count). The Morgan fingerprint density at radius 1 is 1.00 bits per heavy atom. The molecule has 2 aromatic carbocycles. The smallest absolute Gasteiger partial charge is 0.150 e. The van der Waals surface area contributed by atoms with Crippen LogP contribution in [0.2, 0.25) is 5.02 Å². The molecule has 0 aliphatic heterocycles. The van der Waals surface area contributed by atoms with E-state index < -0.39 is 0 Å². The highest BCUT2D eigenvalue weighted by atomic mass is 35.5. The van der Waals surface area contributed by atoms with E-state index in [1.54, 1.807) is 12.1 Å². The van der Waals surface area contributed by atoms with E-state index in [-0.39, 0.29) is 0 Å². The Balaban J connectivity index is 2.66. The van der Waals surface area contributed by atoms with Gasteiger partial charge in [-0.2, -0.15) is 0 Å². The molecule has 0 fully saturated rings. The number of aldehydes is 1. The van der Waals surface area contributed by atoms with Crippen molar-refractivity contribution in [2.75, 3.05) is 0 Å². The molecular weight excluding hydrogens is 244 g/mol. The van der Waals surface area contributed by atoms with Crippen LogP contribution in [0.3, 0.4) is 0 Å². The van der Waals surface area contributed by atoms with E-state index >= 15 is 0 Å². The first-order valence-corrected chi connectivity index (χ1v) is 6.23. The topological polar surface area (TPSA) is 17.1 Å². The lowest BCUT2D eigenvalue weighted by Gasteiger charge is -2.13. The van der Waals surface area contributed by atoms with E-state index in [0.717, 1.165) is 17.4 Å². The van der Waals surface area contributed by atoms with Crippen LogP contribution in [0, 0.1) is 20.8 Å². The maximum Gasteiger partial charge on any atom is 0.150 e. The maximum atomic E-state index is 10.7. The summed E-state index contributed by atoms with van der Waals surface area (Å²) >= 11 is 6.27. The monoisotopic (exact) mass is 258 g/mol. The number of carbonyl (C=O) groups is 1. The molecule has 0 aromatic heterocycles. The number of benzene rings is 2. The van der Waals surface area contributed by atoms with Gasteiger partial charge in [-0.1, -0.05) is 41.4 Å². The first-order valence-electron chi connectivity index (χ1n) is 5.86. The van der Waals surface area contributed by atoms with Crippen LogP contribution in [0.25, 0.3) is 11.1 Å². The van der Waals surface area contributed by atoms with Crippen molar-refractivity contribution >= 4 is 17.9 Å². The van der Waals surface area contributed by atoms with Crippen LogP contribution in [0.5, 0.6) is 0 Å². The van der Waals surface area contributed by atoms with Gasteiger partial charge in [-0.25, -0.2) is 0 Å². The third kappa shape index (κ3) is 2.32. The lowest BCUT2D eigenvalue weighted by atomic mass is 9.93. The molecule has 1 nitrogen and oxygen atoms in total. The molecule has 0 radical (unpaired) electrons. The second-order valence-corrected chi connectivity index (χ2v) is 5.04. The second-order valence-electron chi connectivity index (χ2n) is 4.63. The first-order chi connectivity index (χ1) is 8.52. The quantitative estimate of drug-likeness (QED) is 0.711. The molecule has 0 aliphatic carbocycles. The molecule has 0 saturated carbocycles. The lowest BCUT2D eigenvalue weighted by Crippen LogP contribution is -1.92. The Hall–Kier alpha value is -1.60. The van der Waals surface area contributed by atoms with Crippen LogP contribution in [0.1, 0.15) is 27.0 Å². The summed E-state index contributed by atoms with van der Waals surface area (Å²) in [4.78, 5) is 10.7. The van der Waals surface area contributed by atoms with Crippen molar-refractivity contribution in [3.63, 3.8) is 0 Å². The van der Waals surface area contributed by atoms with E-state index in [1.807, 2.05) is 6.07 Å². The number of carbonyl (C=O) groups excluding carboxylic acids is 1. The first kappa shape index (κ1) is 12.8. The molecule has 0 heterocycles. The molecular formula is C16H15ClO. The normalized spacial score (nSPS) is 10.4. The zero-order valence-electron chi connectivity index (χ0n) is 10.8. The molecule has 2 heteroatoms. The van der Waals surface area contributed by atoms with Crippen molar-refractivity contribution in [2.24, 2.45) is 0 Å². The van der Waals surface area contributed by atoms with Crippen molar-refractivity contribution in [3.05, 3.63) is 57.6 Å². The summed E-state index contributed by atoms with van der Waals surface area (Å²) in [6, 6.07) is 9.71. The molecule has 0 amide bonds. The largest absolute Gasteiger partial charge is 0.298 e. The van der Waals surface area contributed by atoms with Crippen molar-refractivity contribution in [2.45, 2.75) is 20.8 Å². The SMILES string of the molecule is Cc1cc(C)c(-c2ccc(C=O)cc2Cl)c(C)c1. The van der Waals surface area contributed by atoms with Gasteiger partial charge in [-0.3, -0.25) is 4.79 Å². The molecule has 0 bridgehead atoms. The number of rotatable bonds is 2. The zero-order valence-corrected chi connectivity index (χ0v) is 11.5. The van der Waals surface area contributed by atoms with E-state index in [1.165, 1.54) is 16.7 Å². The summed E-state index contributed by atoms with van der Waals surface area (Å²) in [7, 11) is 0. The van der Waals surface area contributed by atoms with Crippen molar-refractivity contribution in [1.29, 1.82) is 0 Å². The zero-order chi connectivity index (χ0) is 13.3. The minimum absolute atomic E-state index is 0.603. The van der Waals surface area contributed by atoms with E-state index in [0.29, 0.717) is 10.6 Å². The summed E-state index contributed by atoms with van der Waals surface area (Å²) in [5, 5.41) is 0.620. The van der Waals surface area contributed by atoms with Gasteiger partial charge in [0.15, 0.2) is 0 Å². The van der Waals surface area contributed by atoms with Gasteiger partial charge in [0.1, 0.15) is 6.29 Å². The third-order valence-corrected chi connectivity index (χ3v) is 3.39. The fourth-order valence-electron chi connectivity index (χ4n) is 2.41. The summed E-state index contributed by atoms with van der Waals surface area (Å²) in [5.41, 5.74) is 6.39. The predicted molar refractivity (Wildman–Crippen MR) is 76.5 cm³/mol. The molecule has 0 N–H and O–H groups in total. The van der Waals surface area contributed by atoms with Crippen molar-refractivity contribution in [3.8, 4) is 11.1 Å². The molecule has 0 aliphatic rings. The molecule has 0 spiro atoms. The Labute approximate surface area is 112 Å². The fraction of sp³-hybridized carbons (Fsp3) is 0.188. The maximum absolute atomic E-state index is 10.7. The Kier molecular flexibility index (Phi) is 3.53. The van der Waals surface area contributed by atoms with Crippen molar-refractivity contribution in [1.82, 2.24) is 0 Å². The predicted octanol–water partition coefficient (Wildman–Crippen LogP) is 4.74. The standard InChI is InChI=1S/C16H15ClO/c1-10-6-11(2)16(12(3)7-10)14-5-4-13(9-18)8-15(14)17/h4-9H,1-3H3. The highest BCUT2D eigenvalue weighted by Crippen LogP contribution is 2.33. The number of halogens is 1. The Morgan fingerprint density at radius 3 is 2.11 bits per heavy atom. The summed E-state index contributed by atoms with van der Waals surface area (Å²) in [6.45, 7) is 6.25. The second kappa shape index (κ2) is 4.95. The third-order valence-electron chi connectivity index (χ3n) is 3.08. The van der Waals surface area contributed by atoms with Crippen LogP contribution < -0.4 is 0 Å². The van der Waals surface area contributed by atoms with Gasteiger partial charge < -0.3 is 0 Å². The Bertz CT molecular complexity index is 591. The highest BCUT2D eigenvalue weighted by molar-refractivity contribution is 6.33. The highest BCUT2D eigenvalue weighted by Gasteiger charge is 2.10.